The number of nitrogens with zero attached hydrogens (tertiary/aromatic N) is 2. The van der Waals surface area contributed by atoms with Crippen LogP contribution in [0.4, 0.5) is 0 Å². The zero-order valence-electron chi connectivity index (χ0n) is 13.2. The number of aliphatic hydroxyl groups is 1. The average Bonchev–Trinajstić information content (AvgIpc) is 2.48. The van der Waals surface area contributed by atoms with Crippen molar-refractivity contribution in [3.05, 3.63) is 35.4 Å². The van der Waals surface area contributed by atoms with Crippen LogP contribution in [0.1, 0.15) is 24.0 Å². The van der Waals surface area contributed by atoms with Crippen molar-refractivity contribution in [3.63, 3.8) is 0 Å². The first kappa shape index (κ1) is 16.0. The highest BCUT2D eigenvalue weighted by Gasteiger charge is 2.18. The van der Waals surface area contributed by atoms with Crippen LogP contribution in [0.3, 0.4) is 0 Å². The highest BCUT2D eigenvalue weighted by molar-refractivity contribution is 5.37. The number of benzene rings is 1. The smallest absolute Gasteiger partial charge is 0.104 e. The predicted molar refractivity (Wildman–Crippen MR) is 87.0 cm³/mol. The van der Waals surface area contributed by atoms with Crippen molar-refractivity contribution in [2.24, 2.45) is 5.92 Å². The van der Waals surface area contributed by atoms with Gasteiger partial charge in [-0.25, -0.2) is 0 Å². The van der Waals surface area contributed by atoms with Gasteiger partial charge in [-0.15, -0.1) is 0 Å². The number of hydrogen-bond acceptors (Lipinski definition) is 3. The van der Waals surface area contributed by atoms with Crippen LogP contribution in [-0.4, -0.2) is 55.2 Å². The quantitative estimate of drug-likeness (QED) is 0.855. The van der Waals surface area contributed by atoms with E-state index in [1.54, 1.807) is 0 Å². The lowest BCUT2D eigenvalue weighted by molar-refractivity contribution is 0.173. The van der Waals surface area contributed by atoms with E-state index in [4.69, 9.17) is 5.11 Å². The van der Waals surface area contributed by atoms with E-state index in [2.05, 4.69) is 47.9 Å². The third-order valence-corrected chi connectivity index (χ3v) is 4.10. The van der Waals surface area contributed by atoms with Gasteiger partial charge < -0.3 is 14.9 Å². The molecule has 0 aliphatic carbocycles. The Labute approximate surface area is 128 Å². The molecule has 1 N–H and O–H groups in total. The molecule has 1 saturated heterocycles. The number of aliphatic hydroxyl groups excluding tert-OH is 1. The second-order valence-corrected chi connectivity index (χ2v) is 6.10. The Hall–Kier alpha value is -1.34. The first-order chi connectivity index (χ1) is 10.2. The normalized spacial score (nSPS) is 16.8. The minimum absolute atomic E-state index is 0.0831. The topological polar surface area (TPSA) is 26.7 Å². The Morgan fingerprint density at radius 2 is 2.10 bits per heavy atom. The highest BCUT2D eigenvalue weighted by atomic mass is 16.2. The van der Waals surface area contributed by atoms with Gasteiger partial charge in [0.1, 0.15) is 6.61 Å². The molecule has 0 atom stereocenters. The summed E-state index contributed by atoms with van der Waals surface area (Å²) in [4.78, 5) is 4.83. The second kappa shape index (κ2) is 8.19. The maximum absolute atomic E-state index is 8.76. The zero-order chi connectivity index (χ0) is 15.1. The lowest BCUT2D eigenvalue weighted by atomic mass is 9.96. The molecule has 114 valence electrons. The van der Waals surface area contributed by atoms with Crippen molar-refractivity contribution in [2.75, 3.05) is 40.3 Å². The number of hydrogen-bond donors (Lipinski definition) is 1. The molecule has 0 spiro atoms. The summed E-state index contributed by atoms with van der Waals surface area (Å²) in [6.45, 7) is 4.50. The maximum Gasteiger partial charge on any atom is 0.104 e. The molecule has 1 aromatic carbocycles. The summed E-state index contributed by atoms with van der Waals surface area (Å²) in [7, 11) is 4.41. The second-order valence-electron chi connectivity index (χ2n) is 6.10. The molecule has 0 bridgehead atoms. The minimum Gasteiger partial charge on any atom is -0.384 e. The molecular weight excluding hydrogens is 260 g/mol. The molecule has 0 aromatic heterocycles. The maximum atomic E-state index is 8.76. The summed E-state index contributed by atoms with van der Waals surface area (Å²) in [6, 6.07) is 8.30. The zero-order valence-corrected chi connectivity index (χ0v) is 13.2. The number of piperidine rings is 1. The molecule has 0 saturated carbocycles. The summed E-state index contributed by atoms with van der Waals surface area (Å²) in [5.74, 6) is 6.50. The Morgan fingerprint density at radius 1 is 1.33 bits per heavy atom. The van der Waals surface area contributed by atoms with E-state index in [0.29, 0.717) is 0 Å². The molecule has 0 unspecified atom stereocenters. The molecule has 3 heteroatoms. The van der Waals surface area contributed by atoms with Gasteiger partial charge in [-0.1, -0.05) is 24.0 Å². The van der Waals surface area contributed by atoms with Gasteiger partial charge in [0.25, 0.3) is 0 Å². The fourth-order valence-corrected chi connectivity index (χ4v) is 2.95. The van der Waals surface area contributed by atoms with Gasteiger partial charge in [0, 0.05) is 18.7 Å². The van der Waals surface area contributed by atoms with Gasteiger partial charge in [0.05, 0.1) is 0 Å². The lowest BCUT2D eigenvalue weighted by Gasteiger charge is -2.31. The van der Waals surface area contributed by atoms with Crippen LogP contribution in [0, 0.1) is 17.8 Å². The summed E-state index contributed by atoms with van der Waals surface area (Å²) in [5.41, 5.74) is 2.27. The molecule has 3 nitrogen and oxygen atoms in total. The van der Waals surface area contributed by atoms with Crippen LogP contribution in [0.2, 0.25) is 0 Å². The number of likely N-dealkylation sites (tertiary alicyclic amines) is 1. The molecule has 0 amide bonds. The van der Waals surface area contributed by atoms with Crippen molar-refractivity contribution < 1.29 is 5.11 Å². The third-order valence-electron chi connectivity index (χ3n) is 4.10. The molecule has 1 aliphatic heterocycles. The predicted octanol–water partition coefficient (Wildman–Crippen LogP) is 1.80. The molecule has 1 heterocycles. The van der Waals surface area contributed by atoms with Crippen LogP contribution in [-0.2, 0) is 6.54 Å². The Kier molecular flexibility index (Phi) is 6.25. The lowest BCUT2D eigenvalue weighted by Crippen LogP contribution is -2.35. The summed E-state index contributed by atoms with van der Waals surface area (Å²) >= 11 is 0. The minimum atomic E-state index is -0.0831. The molecule has 21 heavy (non-hydrogen) atoms. The van der Waals surface area contributed by atoms with E-state index in [-0.39, 0.29) is 6.61 Å². The van der Waals surface area contributed by atoms with Crippen molar-refractivity contribution in [2.45, 2.75) is 19.4 Å². The molecule has 1 aliphatic rings. The van der Waals surface area contributed by atoms with Gasteiger partial charge in [-0.05, 0) is 63.6 Å². The SMILES string of the molecule is CN1CCC(CN(C)Cc2cccc(C#CCO)c2)CC1. The van der Waals surface area contributed by atoms with E-state index < -0.39 is 0 Å². The highest BCUT2D eigenvalue weighted by Crippen LogP contribution is 2.17. The van der Waals surface area contributed by atoms with Crippen LogP contribution in [0.25, 0.3) is 0 Å². The fraction of sp³-hybridized carbons (Fsp3) is 0.556. The van der Waals surface area contributed by atoms with Gasteiger partial charge in [0.2, 0.25) is 0 Å². The van der Waals surface area contributed by atoms with Crippen molar-refractivity contribution in [1.82, 2.24) is 9.80 Å². The monoisotopic (exact) mass is 286 g/mol. The molecule has 1 fully saturated rings. The first-order valence-electron chi connectivity index (χ1n) is 7.73. The van der Waals surface area contributed by atoms with Gasteiger partial charge in [0.15, 0.2) is 0 Å². The number of rotatable bonds is 4. The molecule has 2 rings (SSSR count). The van der Waals surface area contributed by atoms with Crippen molar-refractivity contribution in [3.8, 4) is 11.8 Å². The van der Waals surface area contributed by atoms with Crippen molar-refractivity contribution in [1.29, 1.82) is 0 Å². The first-order valence-corrected chi connectivity index (χ1v) is 7.73. The molecule has 1 aromatic rings. The third kappa shape index (κ3) is 5.51. The summed E-state index contributed by atoms with van der Waals surface area (Å²) in [5, 5.41) is 8.76. The Morgan fingerprint density at radius 3 is 2.81 bits per heavy atom. The van der Waals surface area contributed by atoms with E-state index in [9.17, 15) is 0 Å². The van der Waals surface area contributed by atoms with Gasteiger partial charge in [-0.3, -0.25) is 0 Å². The van der Waals surface area contributed by atoms with E-state index >= 15 is 0 Å². The standard InChI is InChI=1S/C18H26N2O/c1-19-10-8-17(9-11-19)14-20(2)15-18-6-3-5-16(13-18)7-4-12-21/h3,5-6,13,17,21H,8-12,14-15H2,1-2H3. The molecular formula is C18H26N2O. The Bertz CT molecular complexity index is 495. The summed E-state index contributed by atoms with van der Waals surface area (Å²) < 4.78 is 0. The van der Waals surface area contributed by atoms with Crippen molar-refractivity contribution >= 4 is 0 Å². The van der Waals surface area contributed by atoms with Gasteiger partial charge in [-0.2, -0.15) is 0 Å². The van der Waals surface area contributed by atoms with E-state index in [1.165, 1.54) is 38.0 Å². The van der Waals surface area contributed by atoms with Crippen LogP contribution >= 0.6 is 0 Å². The largest absolute Gasteiger partial charge is 0.384 e. The average molecular weight is 286 g/mol. The fourth-order valence-electron chi connectivity index (χ4n) is 2.95. The van der Waals surface area contributed by atoms with Gasteiger partial charge >= 0.3 is 0 Å². The molecule has 0 radical (unpaired) electrons. The summed E-state index contributed by atoms with van der Waals surface area (Å²) in [6.07, 6.45) is 2.62. The van der Waals surface area contributed by atoms with Crippen LogP contribution in [0.15, 0.2) is 24.3 Å². The Balaban J connectivity index is 1.86. The van der Waals surface area contributed by atoms with E-state index in [0.717, 1.165) is 18.0 Å². The van der Waals surface area contributed by atoms with E-state index in [1.807, 2.05) is 12.1 Å². The van der Waals surface area contributed by atoms with Crippen LogP contribution < -0.4 is 0 Å². The van der Waals surface area contributed by atoms with Crippen LogP contribution in [0.5, 0.6) is 0 Å².